The lowest BCUT2D eigenvalue weighted by Crippen LogP contribution is -2.48. The number of hydrogen-bond donors (Lipinski definition) is 6. The molecule has 21 heteroatoms. The maximum Gasteiger partial charge on any atom is 0.303 e. The third-order valence-electron chi connectivity index (χ3n) is 20.7. The Labute approximate surface area is 717 Å². The van der Waals surface area contributed by atoms with E-state index in [1.165, 1.54) is 110 Å². The normalized spacial score (nSPS) is 14.8. The Balaban J connectivity index is 0.000000305. The Morgan fingerprint density at radius 1 is 0.299 bits per heavy atom. The standard InChI is InChI=1S/3C21H27ClN2O2.3C11H20O2/c3*22-20-8-6-19(7-9-20)21(18-4-2-1-3-5-18)24-12-10-23(11-13-24)14-16-26-17-15-25;3*1-2-3-4-5-6-7-8-9-10-11(12)13/h3*1-9,21,25H,10-17H2;3*2H,1,3-10H2,(H,12,13). The zero-order valence-corrected chi connectivity index (χ0v) is 72.3. The lowest BCUT2D eigenvalue weighted by Gasteiger charge is -2.39. The van der Waals surface area contributed by atoms with Gasteiger partial charge in [0, 0.05) is 133 Å². The summed E-state index contributed by atoms with van der Waals surface area (Å²) in [6, 6.07) is 57.4. The van der Waals surface area contributed by atoms with Gasteiger partial charge in [0.2, 0.25) is 0 Å². The van der Waals surface area contributed by atoms with Crippen molar-refractivity contribution in [3.8, 4) is 0 Å². The summed E-state index contributed by atoms with van der Waals surface area (Å²) in [5.74, 6) is -2.02. The van der Waals surface area contributed by atoms with Gasteiger partial charge in [0.05, 0.1) is 77.6 Å². The monoisotopic (exact) mass is 1670 g/mol. The van der Waals surface area contributed by atoms with Crippen LogP contribution in [0.2, 0.25) is 15.1 Å². The molecule has 9 rings (SSSR count). The van der Waals surface area contributed by atoms with Crippen LogP contribution in [0.25, 0.3) is 0 Å². The fourth-order valence-electron chi connectivity index (χ4n) is 14.3. The van der Waals surface area contributed by atoms with Crippen molar-refractivity contribution in [2.75, 3.05) is 158 Å². The van der Waals surface area contributed by atoms with Gasteiger partial charge in [-0.2, -0.15) is 0 Å². The first-order chi connectivity index (χ1) is 57.1. The van der Waals surface area contributed by atoms with Gasteiger partial charge in [-0.1, -0.05) is 257 Å². The second kappa shape index (κ2) is 68.0. The van der Waals surface area contributed by atoms with Gasteiger partial charge < -0.3 is 44.8 Å². The van der Waals surface area contributed by atoms with Gasteiger partial charge in [-0.25, -0.2) is 0 Å². The summed E-state index contributed by atoms with van der Waals surface area (Å²) in [4.78, 5) is 45.4. The summed E-state index contributed by atoms with van der Waals surface area (Å²) in [6.07, 6.45) is 30.4. The highest BCUT2D eigenvalue weighted by atomic mass is 35.5. The average molecular weight is 1680 g/mol. The van der Waals surface area contributed by atoms with E-state index in [1.807, 2.05) is 54.6 Å². The third-order valence-corrected chi connectivity index (χ3v) is 21.5. The van der Waals surface area contributed by atoms with Crippen molar-refractivity contribution in [3.63, 3.8) is 0 Å². The minimum Gasteiger partial charge on any atom is -0.481 e. The SMILES string of the molecule is C=CCCCCCCCCC(=O)O.C=CCCCCCCCCC(=O)O.C=CCCCCCCCCC(=O)O.OCCOCCN1CCN(C(c2ccccc2)c2ccc(Cl)cc2)CC1.OCCOCCN1CCN(C(c2ccccc2)c2ccc(Cl)cc2)CC1.OCCOCCN1CCN(C(c2ccccc2)c2ccc(Cl)cc2)CC1. The van der Waals surface area contributed by atoms with E-state index in [0.29, 0.717) is 58.9 Å². The Hall–Kier alpha value is -6.66. The number of carbonyl (C=O) groups is 3. The number of hydrogen-bond acceptors (Lipinski definition) is 15. The Bertz CT molecular complexity index is 3070. The van der Waals surface area contributed by atoms with E-state index in [0.717, 1.165) is 171 Å². The summed E-state index contributed by atoms with van der Waals surface area (Å²) in [6.45, 7) is 29.6. The smallest absolute Gasteiger partial charge is 0.303 e. The molecule has 0 bridgehead atoms. The van der Waals surface area contributed by atoms with Crippen molar-refractivity contribution in [1.82, 2.24) is 29.4 Å². The third kappa shape index (κ3) is 48.4. The van der Waals surface area contributed by atoms with Crippen molar-refractivity contribution in [3.05, 3.63) is 250 Å². The Morgan fingerprint density at radius 2 is 0.504 bits per heavy atom. The summed E-state index contributed by atoms with van der Waals surface area (Å²) in [5.41, 5.74) is 7.78. The van der Waals surface area contributed by atoms with Crippen LogP contribution in [0.5, 0.6) is 0 Å². The van der Waals surface area contributed by atoms with E-state index >= 15 is 0 Å². The maximum absolute atomic E-state index is 10.2. The molecule has 0 radical (unpaired) electrons. The van der Waals surface area contributed by atoms with E-state index in [9.17, 15) is 14.4 Å². The second-order valence-electron chi connectivity index (χ2n) is 29.8. The molecule has 6 N–H and O–H groups in total. The van der Waals surface area contributed by atoms with Crippen LogP contribution in [-0.4, -0.2) is 236 Å². The number of unbranched alkanes of at least 4 members (excludes halogenated alkanes) is 18. The Morgan fingerprint density at radius 3 is 0.709 bits per heavy atom. The molecule has 3 saturated heterocycles. The van der Waals surface area contributed by atoms with Crippen LogP contribution in [0.1, 0.15) is 206 Å². The molecule has 0 aromatic heterocycles. The molecule has 3 unspecified atom stereocenters. The number of nitrogens with zero attached hydrogens (tertiary/aromatic N) is 6. The van der Waals surface area contributed by atoms with Gasteiger partial charge in [-0.05, 0) is 128 Å². The molecule has 0 amide bonds. The van der Waals surface area contributed by atoms with E-state index in [4.69, 9.17) is 79.7 Å². The zero-order valence-electron chi connectivity index (χ0n) is 70.1. The van der Waals surface area contributed by atoms with E-state index in [-0.39, 0.29) is 37.9 Å². The molecule has 3 heterocycles. The number of carboxylic acid groups (broad SMARTS) is 3. The maximum atomic E-state index is 10.2. The minimum atomic E-state index is -0.674. The molecule has 0 saturated carbocycles. The molecule has 0 aliphatic carbocycles. The van der Waals surface area contributed by atoms with Crippen LogP contribution < -0.4 is 0 Å². The molecule has 648 valence electrons. The van der Waals surface area contributed by atoms with Crippen molar-refractivity contribution < 1.29 is 59.2 Å². The van der Waals surface area contributed by atoms with Crippen molar-refractivity contribution in [1.29, 1.82) is 0 Å². The van der Waals surface area contributed by atoms with Crippen LogP contribution in [0.4, 0.5) is 0 Å². The van der Waals surface area contributed by atoms with Crippen LogP contribution in [0.3, 0.4) is 0 Å². The molecule has 3 aliphatic heterocycles. The van der Waals surface area contributed by atoms with Crippen molar-refractivity contribution >= 4 is 52.7 Å². The topological polar surface area (TPSA) is 220 Å². The highest BCUT2D eigenvalue weighted by Crippen LogP contribution is 2.34. The first kappa shape index (κ1) is 103. The molecule has 3 fully saturated rings. The number of ether oxygens (including phenoxy) is 3. The van der Waals surface area contributed by atoms with Gasteiger partial charge in [-0.3, -0.25) is 43.8 Å². The second-order valence-corrected chi connectivity index (χ2v) is 31.1. The lowest BCUT2D eigenvalue weighted by molar-refractivity contribution is -0.138. The van der Waals surface area contributed by atoms with Gasteiger partial charge in [0.1, 0.15) is 0 Å². The van der Waals surface area contributed by atoms with Crippen LogP contribution in [0.15, 0.2) is 202 Å². The molecular formula is C96H141Cl3N6O12. The molecule has 3 atom stereocenters. The molecule has 3 aliphatic rings. The highest BCUT2D eigenvalue weighted by molar-refractivity contribution is 6.31. The molecular weight excluding hydrogens is 1540 g/mol. The van der Waals surface area contributed by atoms with E-state index in [2.05, 4.69) is 177 Å². The number of rotatable bonds is 51. The number of benzene rings is 6. The van der Waals surface area contributed by atoms with Gasteiger partial charge in [-0.15, -0.1) is 19.7 Å². The summed E-state index contributed by atoms with van der Waals surface area (Å²) in [5, 5.41) is 53.8. The predicted octanol–water partition coefficient (Wildman–Crippen LogP) is 19.3. The fourth-order valence-corrected chi connectivity index (χ4v) is 14.7. The molecule has 6 aromatic carbocycles. The quantitative estimate of drug-likeness (QED) is 0.0154. The highest BCUT2D eigenvalue weighted by Gasteiger charge is 2.30. The van der Waals surface area contributed by atoms with Crippen molar-refractivity contribution in [2.24, 2.45) is 0 Å². The van der Waals surface area contributed by atoms with Crippen molar-refractivity contribution in [2.45, 2.75) is 172 Å². The summed E-state index contributed by atoms with van der Waals surface area (Å²) < 4.78 is 16.2. The largest absolute Gasteiger partial charge is 0.481 e. The number of piperazine rings is 3. The number of carboxylic acids is 3. The number of aliphatic hydroxyl groups excluding tert-OH is 3. The minimum absolute atomic E-state index is 0.0909. The van der Waals surface area contributed by atoms with Crippen LogP contribution in [-0.2, 0) is 28.6 Å². The van der Waals surface area contributed by atoms with Gasteiger partial charge in [0.15, 0.2) is 0 Å². The van der Waals surface area contributed by atoms with Gasteiger partial charge in [0.25, 0.3) is 0 Å². The molecule has 117 heavy (non-hydrogen) atoms. The molecule has 6 aromatic rings. The number of allylic oxidation sites excluding steroid dienone is 3. The van der Waals surface area contributed by atoms with E-state index < -0.39 is 17.9 Å². The lowest BCUT2D eigenvalue weighted by atomic mass is 9.96. The van der Waals surface area contributed by atoms with Crippen LogP contribution in [0, 0.1) is 0 Å². The average Bonchev–Trinajstić information content (AvgIpc) is 0.824. The number of aliphatic carboxylic acids is 3. The first-order valence-electron chi connectivity index (χ1n) is 43.0. The first-order valence-corrected chi connectivity index (χ1v) is 44.1. The predicted molar refractivity (Wildman–Crippen MR) is 481 cm³/mol. The molecule has 0 spiro atoms. The fraction of sp³-hybridized carbons (Fsp3) is 0.531. The zero-order chi connectivity index (χ0) is 84.4. The summed E-state index contributed by atoms with van der Waals surface area (Å²) >= 11 is 18.3. The van der Waals surface area contributed by atoms with E-state index in [1.54, 1.807) is 0 Å². The number of halogens is 3. The number of aliphatic hydroxyl groups is 3. The van der Waals surface area contributed by atoms with Crippen LogP contribution >= 0.6 is 34.8 Å². The summed E-state index contributed by atoms with van der Waals surface area (Å²) in [7, 11) is 0. The Kier molecular flexibility index (Phi) is 59.7. The van der Waals surface area contributed by atoms with Gasteiger partial charge >= 0.3 is 17.9 Å². The molecule has 18 nitrogen and oxygen atoms in total.